The summed E-state index contributed by atoms with van der Waals surface area (Å²) in [6, 6.07) is 0.821. The van der Waals surface area contributed by atoms with Gasteiger partial charge in [-0.2, -0.15) is 0 Å². The van der Waals surface area contributed by atoms with Crippen molar-refractivity contribution in [1.82, 2.24) is 4.90 Å². The van der Waals surface area contributed by atoms with Gasteiger partial charge in [0.2, 0.25) is 0 Å². The average molecular weight is 438 g/mol. The molecule has 0 rings (SSSR count). The van der Waals surface area contributed by atoms with E-state index in [-0.39, 0.29) is 0 Å². The fourth-order valence-electron chi connectivity index (χ4n) is 4.93. The first-order valence-corrected chi connectivity index (χ1v) is 14.9. The lowest BCUT2D eigenvalue weighted by Crippen LogP contribution is -2.27. The molecule has 1 atom stereocenters. The van der Waals surface area contributed by atoms with Crippen LogP contribution in [-0.2, 0) is 0 Å². The molecule has 0 spiro atoms. The van der Waals surface area contributed by atoms with Gasteiger partial charge in [-0.15, -0.1) is 0 Å². The average Bonchev–Trinajstić information content (AvgIpc) is 2.76. The Morgan fingerprint density at radius 1 is 0.355 bits per heavy atom. The number of hydrogen-bond donors (Lipinski definition) is 0. The molecule has 0 saturated carbocycles. The van der Waals surface area contributed by atoms with Crippen LogP contribution < -0.4 is 0 Å². The van der Waals surface area contributed by atoms with Gasteiger partial charge in [-0.1, -0.05) is 162 Å². The first-order chi connectivity index (χ1) is 15.2. The number of hydrogen-bond acceptors (Lipinski definition) is 1. The SMILES string of the molecule is CCCCCCCCCCCCCCCC(CCCCCCCCCCCC)N(C)C. The van der Waals surface area contributed by atoms with Crippen LogP contribution in [0.3, 0.4) is 0 Å². The summed E-state index contributed by atoms with van der Waals surface area (Å²) < 4.78 is 0. The summed E-state index contributed by atoms with van der Waals surface area (Å²) in [7, 11) is 4.59. The topological polar surface area (TPSA) is 3.24 Å². The molecule has 0 fully saturated rings. The Morgan fingerprint density at radius 3 is 0.806 bits per heavy atom. The monoisotopic (exact) mass is 437 g/mol. The van der Waals surface area contributed by atoms with Crippen molar-refractivity contribution in [3.05, 3.63) is 0 Å². The molecule has 0 N–H and O–H groups in total. The molecular formula is C30H63N. The van der Waals surface area contributed by atoms with Gasteiger partial charge >= 0.3 is 0 Å². The summed E-state index contributed by atoms with van der Waals surface area (Å²) in [6.45, 7) is 4.61. The predicted molar refractivity (Wildman–Crippen MR) is 144 cm³/mol. The Bertz CT molecular complexity index is 312. The molecule has 0 amide bonds. The van der Waals surface area contributed by atoms with Crippen LogP contribution in [0.5, 0.6) is 0 Å². The van der Waals surface area contributed by atoms with Crippen LogP contribution in [0, 0.1) is 0 Å². The highest BCUT2D eigenvalue weighted by molar-refractivity contribution is 4.67. The Morgan fingerprint density at radius 2 is 0.581 bits per heavy atom. The summed E-state index contributed by atoms with van der Waals surface area (Å²) in [6.07, 6.45) is 36.3. The molecule has 1 heteroatoms. The zero-order chi connectivity index (χ0) is 22.8. The van der Waals surface area contributed by atoms with Crippen molar-refractivity contribution < 1.29 is 0 Å². The van der Waals surface area contributed by atoms with Gasteiger partial charge in [-0.05, 0) is 26.9 Å². The van der Waals surface area contributed by atoms with Crippen LogP contribution in [0.1, 0.15) is 174 Å². The smallest absolute Gasteiger partial charge is 0.00891 e. The molecule has 0 saturated heterocycles. The predicted octanol–water partition coefficient (Wildman–Crippen LogP) is 10.7. The van der Waals surface area contributed by atoms with Gasteiger partial charge in [0.1, 0.15) is 0 Å². The van der Waals surface area contributed by atoms with Gasteiger partial charge in [-0.3, -0.25) is 0 Å². The van der Waals surface area contributed by atoms with E-state index in [2.05, 4.69) is 32.8 Å². The highest BCUT2D eigenvalue weighted by Crippen LogP contribution is 2.18. The van der Waals surface area contributed by atoms with Gasteiger partial charge in [0, 0.05) is 6.04 Å². The number of rotatable bonds is 26. The van der Waals surface area contributed by atoms with E-state index in [1.165, 1.54) is 161 Å². The maximum Gasteiger partial charge on any atom is 0.00891 e. The Labute approximate surface area is 199 Å². The number of nitrogens with zero attached hydrogens (tertiary/aromatic N) is 1. The zero-order valence-corrected chi connectivity index (χ0v) is 22.7. The van der Waals surface area contributed by atoms with E-state index in [0.717, 1.165) is 6.04 Å². The van der Waals surface area contributed by atoms with Crippen LogP contribution in [0.15, 0.2) is 0 Å². The molecule has 1 unspecified atom stereocenters. The third kappa shape index (κ3) is 24.4. The van der Waals surface area contributed by atoms with Crippen molar-refractivity contribution in [3.8, 4) is 0 Å². The normalized spacial score (nSPS) is 12.7. The van der Waals surface area contributed by atoms with E-state index < -0.39 is 0 Å². The van der Waals surface area contributed by atoms with Gasteiger partial charge in [0.25, 0.3) is 0 Å². The standard InChI is InChI=1S/C30H63N/c1-5-7-9-11-13-15-17-18-19-21-23-25-27-29-30(31(3)4)28-26-24-22-20-16-14-12-10-8-6-2/h30H,5-29H2,1-4H3. The van der Waals surface area contributed by atoms with Crippen molar-refractivity contribution in [2.75, 3.05) is 14.1 Å². The van der Waals surface area contributed by atoms with Gasteiger partial charge in [0.15, 0.2) is 0 Å². The summed E-state index contributed by atoms with van der Waals surface area (Å²) >= 11 is 0. The molecule has 0 aliphatic heterocycles. The highest BCUT2D eigenvalue weighted by atomic mass is 15.1. The fourth-order valence-corrected chi connectivity index (χ4v) is 4.93. The van der Waals surface area contributed by atoms with Crippen LogP contribution in [-0.4, -0.2) is 25.0 Å². The molecule has 1 nitrogen and oxygen atoms in total. The molecule has 0 aromatic heterocycles. The van der Waals surface area contributed by atoms with E-state index >= 15 is 0 Å². The van der Waals surface area contributed by atoms with E-state index in [9.17, 15) is 0 Å². The molecular weight excluding hydrogens is 374 g/mol. The van der Waals surface area contributed by atoms with Crippen molar-refractivity contribution in [2.24, 2.45) is 0 Å². The third-order valence-corrected chi connectivity index (χ3v) is 7.26. The summed E-state index contributed by atoms with van der Waals surface area (Å²) in [5, 5.41) is 0. The quantitative estimate of drug-likeness (QED) is 0.122. The van der Waals surface area contributed by atoms with Crippen LogP contribution in [0.4, 0.5) is 0 Å². The Balaban J connectivity index is 3.41. The molecule has 31 heavy (non-hydrogen) atoms. The zero-order valence-electron chi connectivity index (χ0n) is 22.7. The third-order valence-electron chi connectivity index (χ3n) is 7.26. The Kier molecular flexibility index (Phi) is 26.2. The van der Waals surface area contributed by atoms with Crippen molar-refractivity contribution >= 4 is 0 Å². The summed E-state index contributed by atoms with van der Waals surface area (Å²) in [5.74, 6) is 0. The van der Waals surface area contributed by atoms with Gasteiger partial charge < -0.3 is 4.90 Å². The molecule has 0 aromatic carbocycles. The van der Waals surface area contributed by atoms with Crippen LogP contribution in [0.2, 0.25) is 0 Å². The molecule has 0 bridgehead atoms. The second kappa shape index (κ2) is 26.2. The second-order valence-electron chi connectivity index (χ2n) is 10.6. The lowest BCUT2D eigenvalue weighted by Gasteiger charge is -2.24. The molecule has 0 aliphatic carbocycles. The maximum atomic E-state index is 2.49. The van der Waals surface area contributed by atoms with E-state index in [1.54, 1.807) is 0 Å². The van der Waals surface area contributed by atoms with Crippen LogP contribution >= 0.6 is 0 Å². The summed E-state index contributed by atoms with van der Waals surface area (Å²) in [5.41, 5.74) is 0. The molecule has 0 aliphatic rings. The first kappa shape index (κ1) is 31.0. The maximum absolute atomic E-state index is 2.49. The number of unbranched alkanes of at least 4 members (excludes halogenated alkanes) is 21. The molecule has 188 valence electrons. The van der Waals surface area contributed by atoms with E-state index in [0.29, 0.717) is 0 Å². The molecule has 0 radical (unpaired) electrons. The lowest BCUT2D eigenvalue weighted by molar-refractivity contribution is 0.251. The lowest BCUT2D eigenvalue weighted by atomic mass is 9.99. The highest BCUT2D eigenvalue weighted by Gasteiger charge is 2.10. The van der Waals surface area contributed by atoms with Crippen molar-refractivity contribution in [3.63, 3.8) is 0 Å². The molecule has 0 heterocycles. The minimum Gasteiger partial charge on any atom is -0.306 e. The van der Waals surface area contributed by atoms with Crippen molar-refractivity contribution in [1.29, 1.82) is 0 Å². The van der Waals surface area contributed by atoms with Crippen LogP contribution in [0.25, 0.3) is 0 Å². The first-order valence-electron chi connectivity index (χ1n) is 14.9. The van der Waals surface area contributed by atoms with E-state index in [1.807, 2.05) is 0 Å². The van der Waals surface area contributed by atoms with Gasteiger partial charge in [-0.25, -0.2) is 0 Å². The second-order valence-corrected chi connectivity index (χ2v) is 10.6. The fraction of sp³-hybridized carbons (Fsp3) is 1.00. The van der Waals surface area contributed by atoms with Crippen molar-refractivity contribution in [2.45, 2.75) is 180 Å². The summed E-state index contributed by atoms with van der Waals surface area (Å²) in [4.78, 5) is 2.49. The minimum absolute atomic E-state index is 0.821. The van der Waals surface area contributed by atoms with E-state index in [4.69, 9.17) is 0 Å². The minimum atomic E-state index is 0.821. The largest absolute Gasteiger partial charge is 0.306 e. The van der Waals surface area contributed by atoms with Gasteiger partial charge in [0.05, 0.1) is 0 Å². The molecule has 0 aromatic rings. The Hall–Kier alpha value is -0.0400.